The average molecular weight is 291 g/mol. The quantitative estimate of drug-likeness (QED) is 0.787. The van der Waals surface area contributed by atoms with Gasteiger partial charge in [0.2, 0.25) is 5.91 Å². The fourth-order valence-corrected chi connectivity index (χ4v) is 2.66. The Kier molecular flexibility index (Phi) is 3.92. The Hall–Kier alpha value is -1.89. The van der Waals surface area contributed by atoms with Gasteiger partial charge >= 0.3 is 0 Å². The van der Waals surface area contributed by atoms with Gasteiger partial charge in [-0.2, -0.15) is 0 Å². The number of primary amides is 1. The molecule has 1 aliphatic heterocycles. The Morgan fingerprint density at radius 2 is 2.33 bits per heavy atom. The van der Waals surface area contributed by atoms with Gasteiger partial charge in [0, 0.05) is 32.7 Å². The van der Waals surface area contributed by atoms with Crippen molar-refractivity contribution >= 4 is 17.5 Å². The lowest BCUT2D eigenvalue weighted by molar-refractivity contribution is -0.119. The van der Waals surface area contributed by atoms with E-state index in [1.165, 1.54) is 19.2 Å². The predicted molar refractivity (Wildman–Crippen MR) is 79.0 cm³/mol. The monoisotopic (exact) mass is 291 g/mol. The number of methoxy groups -OCH3 is 1. The molecule has 0 unspecified atom stereocenters. The summed E-state index contributed by atoms with van der Waals surface area (Å²) >= 11 is 0. The molecule has 0 spiro atoms. The second-order valence-electron chi connectivity index (χ2n) is 5.75. The van der Waals surface area contributed by atoms with E-state index >= 15 is 0 Å². The highest BCUT2D eigenvalue weighted by atomic mass is 16.5. The Balaban J connectivity index is 1.74. The van der Waals surface area contributed by atoms with Crippen LogP contribution in [0, 0.1) is 5.92 Å². The normalized spacial score (nSPS) is 25.1. The highest BCUT2D eigenvalue weighted by Crippen LogP contribution is 2.30. The number of nitrogens with one attached hydrogen (secondary N) is 1. The maximum atomic E-state index is 11.6. The Morgan fingerprint density at radius 1 is 1.52 bits per heavy atom. The van der Waals surface area contributed by atoms with Gasteiger partial charge in [0.25, 0.3) is 0 Å². The van der Waals surface area contributed by atoms with Gasteiger partial charge in [0.1, 0.15) is 24.0 Å². The molecule has 3 rings (SSSR count). The first kappa shape index (κ1) is 14.1. The third kappa shape index (κ3) is 3.24. The first-order valence-corrected chi connectivity index (χ1v) is 7.32. The Morgan fingerprint density at radius 3 is 3.00 bits per heavy atom. The maximum Gasteiger partial charge on any atom is 0.240 e. The van der Waals surface area contributed by atoms with Crippen molar-refractivity contribution in [3.05, 3.63) is 12.4 Å². The summed E-state index contributed by atoms with van der Waals surface area (Å²) in [6, 6.07) is 1.50. The van der Waals surface area contributed by atoms with Crippen LogP contribution in [0.3, 0.4) is 0 Å². The lowest BCUT2D eigenvalue weighted by atomic mass is 10.2. The van der Waals surface area contributed by atoms with E-state index < -0.39 is 0 Å². The third-order valence-electron chi connectivity index (χ3n) is 4.14. The highest BCUT2D eigenvalue weighted by Gasteiger charge is 2.36. The Labute approximate surface area is 123 Å². The molecule has 1 aromatic rings. The summed E-state index contributed by atoms with van der Waals surface area (Å²) in [5, 5.41) is 3.31. The van der Waals surface area contributed by atoms with Crippen LogP contribution in [0.2, 0.25) is 0 Å². The Bertz CT molecular complexity index is 520. The fraction of sp³-hybridized carbons (Fsp3) is 0.643. The van der Waals surface area contributed by atoms with Gasteiger partial charge < -0.3 is 20.7 Å². The van der Waals surface area contributed by atoms with E-state index in [4.69, 9.17) is 10.5 Å². The average Bonchev–Trinajstić information content (AvgIpc) is 3.21. The number of rotatable bonds is 6. The van der Waals surface area contributed by atoms with Crippen LogP contribution in [0.4, 0.5) is 11.6 Å². The largest absolute Gasteiger partial charge is 0.380 e. The minimum absolute atomic E-state index is 0.000313. The number of hydrogen-bond acceptors (Lipinski definition) is 6. The molecule has 2 atom stereocenters. The first-order valence-electron chi connectivity index (χ1n) is 7.32. The minimum Gasteiger partial charge on any atom is -0.380 e. The smallest absolute Gasteiger partial charge is 0.240 e. The van der Waals surface area contributed by atoms with Crippen molar-refractivity contribution in [2.45, 2.75) is 31.4 Å². The summed E-state index contributed by atoms with van der Waals surface area (Å²) < 4.78 is 5.35. The zero-order chi connectivity index (χ0) is 14.8. The van der Waals surface area contributed by atoms with Crippen LogP contribution >= 0.6 is 0 Å². The standard InChI is InChI=1S/C14H21N5O2/c1-21-10-4-11(14(15)20)19(7-10)13-5-12(17-8-18-13)16-6-9-2-3-9/h5,8-11H,2-4,6-7H2,1H3,(H2,15,20)(H,16,17,18)/t10-,11-/m0/s1. The van der Waals surface area contributed by atoms with E-state index in [1.807, 2.05) is 11.0 Å². The van der Waals surface area contributed by atoms with Crippen molar-refractivity contribution in [1.29, 1.82) is 0 Å². The number of amides is 1. The topological polar surface area (TPSA) is 93.4 Å². The summed E-state index contributed by atoms with van der Waals surface area (Å²) in [7, 11) is 1.65. The van der Waals surface area contributed by atoms with Crippen LogP contribution in [0.25, 0.3) is 0 Å². The number of aromatic nitrogens is 2. The number of hydrogen-bond donors (Lipinski definition) is 2. The molecule has 2 aliphatic rings. The fourth-order valence-electron chi connectivity index (χ4n) is 2.66. The third-order valence-corrected chi connectivity index (χ3v) is 4.14. The van der Waals surface area contributed by atoms with E-state index in [-0.39, 0.29) is 18.1 Å². The molecule has 2 heterocycles. The van der Waals surface area contributed by atoms with Crippen LogP contribution in [-0.2, 0) is 9.53 Å². The van der Waals surface area contributed by atoms with Crippen molar-refractivity contribution in [1.82, 2.24) is 9.97 Å². The zero-order valence-electron chi connectivity index (χ0n) is 12.2. The molecule has 1 aliphatic carbocycles. The summed E-state index contributed by atoms with van der Waals surface area (Å²) in [6.07, 6.45) is 4.69. The van der Waals surface area contributed by atoms with Crippen molar-refractivity contribution in [3.8, 4) is 0 Å². The zero-order valence-corrected chi connectivity index (χ0v) is 12.2. The molecule has 114 valence electrons. The van der Waals surface area contributed by atoms with Crippen LogP contribution in [-0.4, -0.2) is 48.2 Å². The van der Waals surface area contributed by atoms with E-state index in [1.54, 1.807) is 7.11 Å². The number of nitrogens with zero attached hydrogens (tertiary/aromatic N) is 3. The van der Waals surface area contributed by atoms with Crippen LogP contribution < -0.4 is 16.0 Å². The SMILES string of the molecule is CO[C@H]1C[C@@H](C(N)=O)N(c2cc(NCC3CC3)ncn2)C1. The van der Waals surface area contributed by atoms with Gasteiger partial charge in [-0.05, 0) is 18.8 Å². The van der Waals surface area contributed by atoms with Crippen molar-refractivity contribution < 1.29 is 9.53 Å². The van der Waals surface area contributed by atoms with E-state index in [9.17, 15) is 4.79 Å². The van der Waals surface area contributed by atoms with Crippen LogP contribution in [0.15, 0.2) is 12.4 Å². The molecule has 2 fully saturated rings. The molecule has 0 bridgehead atoms. The second kappa shape index (κ2) is 5.85. The van der Waals surface area contributed by atoms with E-state index in [0.29, 0.717) is 18.8 Å². The number of carbonyl (C=O) groups excluding carboxylic acids is 1. The molecule has 0 aromatic carbocycles. The van der Waals surface area contributed by atoms with Gasteiger partial charge in [0.05, 0.1) is 6.10 Å². The molecule has 7 nitrogen and oxygen atoms in total. The van der Waals surface area contributed by atoms with Crippen molar-refractivity contribution in [2.24, 2.45) is 11.7 Å². The van der Waals surface area contributed by atoms with Gasteiger partial charge in [-0.3, -0.25) is 4.79 Å². The second-order valence-corrected chi connectivity index (χ2v) is 5.75. The van der Waals surface area contributed by atoms with Gasteiger partial charge in [-0.1, -0.05) is 0 Å². The lowest BCUT2D eigenvalue weighted by Gasteiger charge is -2.23. The molecular formula is C14H21N5O2. The molecule has 3 N–H and O–H groups in total. The maximum absolute atomic E-state index is 11.6. The van der Waals surface area contributed by atoms with Crippen molar-refractivity contribution in [3.63, 3.8) is 0 Å². The molecular weight excluding hydrogens is 270 g/mol. The number of ether oxygens (including phenoxy) is 1. The van der Waals surface area contributed by atoms with Crippen molar-refractivity contribution in [2.75, 3.05) is 30.4 Å². The van der Waals surface area contributed by atoms with E-state index in [0.717, 1.165) is 18.3 Å². The summed E-state index contributed by atoms with van der Waals surface area (Å²) in [5.74, 6) is 1.93. The van der Waals surface area contributed by atoms with Gasteiger partial charge in [-0.15, -0.1) is 0 Å². The molecule has 1 saturated heterocycles. The molecule has 1 amide bonds. The molecule has 0 radical (unpaired) electrons. The number of anilines is 2. The van der Waals surface area contributed by atoms with Gasteiger partial charge in [0.15, 0.2) is 0 Å². The summed E-state index contributed by atoms with van der Waals surface area (Å²) in [4.78, 5) is 22.0. The first-order chi connectivity index (χ1) is 10.2. The molecule has 1 saturated carbocycles. The number of carbonyl (C=O) groups is 1. The summed E-state index contributed by atoms with van der Waals surface area (Å²) in [6.45, 7) is 1.56. The van der Waals surface area contributed by atoms with E-state index in [2.05, 4.69) is 15.3 Å². The van der Waals surface area contributed by atoms with Gasteiger partial charge in [-0.25, -0.2) is 9.97 Å². The lowest BCUT2D eigenvalue weighted by Crippen LogP contribution is -2.40. The molecule has 7 heteroatoms. The highest BCUT2D eigenvalue weighted by molar-refractivity contribution is 5.84. The summed E-state index contributed by atoms with van der Waals surface area (Å²) in [5.41, 5.74) is 5.49. The molecule has 1 aromatic heterocycles. The van der Waals surface area contributed by atoms with Crippen LogP contribution in [0.1, 0.15) is 19.3 Å². The predicted octanol–water partition coefficient (Wildman–Crippen LogP) is 0.377. The number of nitrogens with two attached hydrogens (primary N) is 1. The van der Waals surface area contributed by atoms with Crippen LogP contribution in [0.5, 0.6) is 0 Å². The molecule has 21 heavy (non-hydrogen) atoms. The minimum atomic E-state index is -0.374.